The molecule has 4 aliphatic carbocycles. The van der Waals surface area contributed by atoms with Gasteiger partial charge < -0.3 is 31.4 Å². The number of aliphatic hydroxyl groups excluding tert-OH is 2. The van der Waals surface area contributed by atoms with Crippen molar-refractivity contribution < 1.29 is 79.5 Å². The Labute approximate surface area is 221 Å². The number of hydrogen-bond donors (Lipinski definition) is 6. The van der Waals surface area contributed by atoms with Gasteiger partial charge in [0.15, 0.2) is 17.2 Å². The SMILES string of the molecule is C[C@H]1C[C@H]2[C@@H]3CCC4=CC(=O)C=C[C@]4(C)[C@@]3(F)[C@@H](O)C[C@]2(C)[C@@]1(O)C(=O)CO.O=P(O)(O)O.[H-].[Na+]. The molecule has 4 aliphatic rings. The molecule has 188 valence electrons. The quantitative estimate of drug-likeness (QED) is 0.182. The van der Waals surface area contributed by atoms with Crippen LogP contribution in [0.1, 0.15) is 47.9 Å². The Bertz CT molecular complexity index is 964. The number of alkyl halides is 1. The maximum atomic E-state index is 16.9. The number of Topliss-reactive ketones (excluding diaryl/α,β-unsaturated/α-hetero) is 1. The number of carbonyl (C=O) groups is 2. The summed E-state index contributed by atoms with van der Waals surface area (Å²) >= 11 is 0. The fourth-order valence-electron chi connectivity index (χ4n) is 7.26. The van der Waals surface area contributed by atoms with E-state index in [-0.39, 0.29) is 49.1 Å². The van der Waals surface area contributed by atoms with E-state index in [0.717, 1.165) is 0 Å². The van der Waals surface area contributed by atoms with Gasteiger partial charge in [-0.3, -0.25) is 9.59 Å². The number of fused-ring (bicyclic) bond motifs is 5. The molecule has 0 aromatic carbocycles. The van der Waals surface area contributed by atoms with Crippen LogP contribution in [0.15, 0.2) is 23.8 Å². The number of allylic oxidation sites excluding steroid dienone is 4. The van der Waals surface area contributed by atoms with E-state index in [1.807, 2.05) is 0 Å². The number of rotatable bonds is 2. The van der Waals surface area contributed by atoms with Crippen molar-refractivity contribution >= 4 is 19.4 Å². The summed E-state index contributed by atoms with van der Waals surface area (Å²) in [6, 6.07) is 0. The molecule has 0 radical (unpaired) electrons. The van der Waals surface area contributed by atoms with Crippen LogP contribution < -0.4 is 29.6 Å². The van der Waals surface area contributed by atoms with E-state index < -0.39 is 60.3 Å². The van der Waals surface area contributed by atoms with Crippen LogP contribution in [-0.2, 0) is 14.2 Å². The third-order valence-corrected chi connectivity index (χ3v) is 8.79. The molecule has 4 rings (SSSR count). The van der Waals surface area contributed by atoms with E-state index in [1.165, 1.54) is 12.2 Å². The fraction of sp³-hybridized carbons (Fsp3) is 0.727. The summed E-state index contributed by atoms with van der Waals surface area (Å²) in [6.45, 7) is 4.48. The molecule has 6 N–H and O–H groups in total. The minimum atomic E-state index is -4.64. The van der Waals surface area contributed by atoms with E-state index >= 15 is 4.39 Å². The molecular weight excluding hydrogens is 481 g/mol. The third kappa shape index (κ3) is 4.28. The van der Waals surface area contributed by atoms with Crippen LogP contribution in [0.25, 0.3) is 0 Å². The van der Waals surface area contributed by atoms with Crippen LogP contribution in [0.5, 0.6) is 0 Å². The van der Waals surface area contributed by atoms with Crippen LogP contribution in [-0.4, -0.2) is 65.5 Å². The Morgan fingerprint density at radius 1 is 1.26 bits per heavy atom. The first kappa shape index (κ1) is 30.0. The molecule has 0 amide bonds. The summed E-state index contributed by atoms with van der Waals surface area (Å²) in [5.41, 5.74) is -5.17. The summed E-state index contributed by atoms with van der Waals surface area (Å²) in [7, 11) is -4.64. The standard InChI is InChI=1S/C22H29FO5.Na.H3O4P.H/c1-12-8-16-15-5-4-13-9-14(25)6-7-19(13,2)21(15,23)17(26)10-20(16,3)22(12,28)18(27)11-24;;1-5(2,3)4;/h6-7,9,12,15-17,24,26,28H,4-5,8,10-11H2,1-3H3;;(H3,1,2,3,4);/q;+1;;-1/t12-,15-,16-,17-,19-,20-,21-,22-;;;/m0.../s1. The summed E-state index contributed by atoms with van der Waals surface area (Å²) in [4.78, 5) is 45.9. The largest absolute Gasteiger partial charge is 1.00 e. The van der Waals surface area contributed by atoms with Gasteiger partial charge in [0.05, 0.1) is 6.10 Å². The Morgan fingerprint density at radius 2 is 1.82 bits per heavy atom. The monoisotopic (exact) mass is 514 g/mol. The van der Waals surface area contributed by atoms with Gasteiger partial charge in [-0.2, -0.15) is 0 Å². The number of aliphatic hydroxyl groups is 3. The molecule has 3 saturated carbocycles. The Hall–Kier alpha value is -0.260. The zero-order valence-electron chi connectivity index (χ0n) is 20.8. The summed E-state index contributed by atoms with van der Waals surface area (Å²) in [5, 5.41) is 32.0. The van der Waals surface area contributed by atoms with Gasteiger partial charge in [0.2, 0.25) is 0 Å². The maximum Gasteiger partial charge on any atom is 1.00 e. The van der Waals surface area contributed by atoms with Crippen molar-refractivity contribution in [1.29, 1.82) is 0 Å². The molecular formula is C22H33FNaO9P. The molecule has 8 atom stereocenters. The summed E-state index contributed by atoms with van der Waals surface area (Å²) < 4.78 is 25.7. The minimum absolute atomic E-state index is 0. The molecule has 0 saturated heterocycles. The second-order valence-corrected chi connectivity index (χ2v) is 11.3. The zero-order valence-corrected chi connectivity index (χ0v) is 22.7. The molecule has 0 heterocycles. The number of hydrogen-bond acceptors (Lipinski definition) is 6. The Kier molecular flexibility index (Phi) is 8.43. The number of ketones is 2. The Balaban J connectivity index is 0.000000798. The molecule has 0 bridgehead atoms. The van der Waals surface area contributed by atoms with Crippen molar-refractivity contribution in [3.63, 3.8) is 0 Å². The molecule has 12 heteroatoms. The van der Waals surface area contributed by atoms with Crippen molar-refractivity contribution in [3.8, 4) is 0 Å². The second kappa shape index (κ2) is 9.56. The normalized spacial score (nSPS) is 45.0. The minimum Gasteiger partial charge on any atom is -1.00 e. The molecule has 9 nitrogen and oxygen atoms in total. The van der Waals surface area contributed by atoms with Crippen LogP contribution in [0.4, 0.5) is 4.39 Å². The molecule has 3 fully saturated rings. The van der Waals surface area contributed by atoms with Crippen molar-refractivity contribution in [2.75, 3.05) is 6.61 Å². The molecule has 0 aromatic heterocycles. The van der Waals surface area contributed by atoms with E-state index in [0.29, 0.717) is 24.8 Å². The fourth-order valence-corrected chi connectivity index (χ4v) is 7.26. The first-order valence-corrected chi connectivity index (χ1v) is 12.5. The predicted molar refractivity (Wildman–Crippen MR) is 115 cm³/mol. The molecule has 0 aromatic rings. The van der Waals surface area contributed by atoms with Crippen LogP contribution in [0.3, 0.4) is 0 Å². The van der Waals surface area contributed by atoms with Crippen molar-refractivity contribution in [3.05, 3.63) is 23.8 Å². The zero-order chi connectivity index (χ0) is 25.2. The molecule has 0 spiro atoms. The van der Waals surface area contributed by atoms with Gasteiger partial charge in [0.1, 0.15) is 12.2 Å². The maximum absolute atomic E-state index is 16.9. The molecule has 0 aliphatic heterocycles. The topological polar surface area (TPSA) is 173 Å². The van der Waals surface area contributed by atoms with Gasteiger partial charge in [-0.05, 0) is 56.6 Å². The van der Waals surface area contributed by atoms with Gasteiger partial charge in [-0.15, -0.1) is 0 Å². The first-order chi connectivity index (χ1) is 15.0. The third-order valence-electron chi connectivity index (χ3n) is 8.79. The number of phosphoric acid groups is 1. The predicted octanol–water partition coefficient (Wildman–Crippen LogP) is -1.92. The number of halogens is 1. The Morgan fingerprint density at radius 3 is 2.35 bits per heavy atom. The average molecular weight is 514 g/mol. The van der Waals surface area contributed by atoms with E-state index in [9.17, 15) is 24.9 Å². The van der Waals surface area contributed by atoms with E-state index in [1.54, 1.807) is 26.8 Å². The molecule has 34 heavy (non-hydrogen) atoms. The van der Waals surface area contributed by atoms with Crippen molar-refractivity contribution in [2.24, 2.45) is 28.6 Å². The number of carbonyl (C=O) groups excluding carboxylic acids is 2. The second-order valence-electron chi connectivity index (χ2n) is 10.3. The van der Waals surface area contributed by atoms with Crippen LogP contribution in [0.2, 0.25) is 0 Å². The van der Waals surface area contributed by atoms with Gasteiger partial charge in [-0.25, -0.2) is 8.96 Å². The van der Waals surface area contributed by atoms with Crippen molar-refractivity contribution in [2.45, 2.75) is 63.8 Å². The van der Waals surface area contributed by atoms with Crippen molar-refractivity contribution in [1.82, 2.24) is 0 Å². The summed E-state index contributed by atoms with van der Waals surface area (Å²) in [6.07, 6.45) is 4.44. The van der Waals surface area contributed by atoms with Gasteiger partial charge in [-0.1, -0.05) is 25.5 Å². The van der Waals surface area contributed by atoms with E-state index in [4.69, 9.17) is 19.2 Å². The van der Waals surface area contributed by atoms with Gasteiger partial charge >= 0.3 is 37.4 Å². The summed E-state index contributed by atoms with van der Waals surface area (Å²) in [5.74, 6) is -2.12. The van der Waals surface area contributed by atoms with Crippen LogP contribution in [0, 0.1) is 28.6 Å². The van der Waals surface area contributed by atoms with Gasteiger partial charge in [0, 0.05) is 16.7 Å². The molecule has 0 unspecified atom stereocenters. The first-order valence-electron chi connectivity index (χ1n) is 10.9. The van der Waals surface area contributed by atoms with E-state index in [2.05, 4.69) is 0 Å². The van der Waals surface area contributed by atoms with Gasteiger partial charge in [0.25, 0.3) is 0 Å². The van der Waals surface area contributed by atoms with Crippen LogP contribution >= 0.6 is 7.82 Å². The smallest absolute Gasteiger partial charge is 1.00 e. The average Bonchev–Trinajstić information content (AvgIpc) is 2.89.